The molecule has 0 aliphatic rings. The van der Waals surface area contributed by atoms with Crippen LogP contribution in [0.1, 0.15) is 5.56 Å². The van der Waals surface area contributed by atoms with E-state index >= 15 is 0 Å². The minimum Gasteiger partial charge on any atom is -0.324 e. The third-order valence-corrected chi connectivity index (χ3v) is 3.29. The van der Waals surface area contributed by atoms with E-state index in [0.717, 1.165) is 14.6 Å². The molecule has 0 atom stereocenters. The Labute approximate surface area is 122 Å². The predicted octanol–water partition coefficient (Wildman–Crippen LogP) is 3.79. The SMILES string of the molecule is O=C(Cc1ccc(Br)cc1)Nc1ccc(Br)nc1. The topological polar surface area (TPSA) is 42.0 Å². The third-order valence-electron chi connectivity index (χ3n) is 2.29. The lowest BCUT2D eigenvalue weighted by Gasteiger charge is -2.05. The molecule has 1 amide bonds. The Morgan fingerprint density at radius 1 is 1.11 bits per heavy atom. The fourth-order valence-corrected chi connectivity index (χ4v) is 1.94. The van der Waals surface area contributed by atoms with Gasteiger partial charge in [0.1, 0.15) is 4.60 Å². The van der Waals surface area contributed by atoms with Gasteiger partial charge in [0.15, 0.2) is 0 Å². The van der Waals surface area contributed by atoms with Crippen molar-refractivity contribution in [3.63, 3.8) is 0 Å². The van der Waals surface area contributed by atoms with Crippen LogP contribution in [-0.4, -0.2) is 10.9 Å². The minimum absolute atomic E-state index is 0.0542. The smallest absolute Gasteiger partial charge is 0.228 e. The highest BCUT2D eigenvalue weighted by atomic mass is 79.9. The zero-order chi connectivity index (χ0) is 13.0. The highest BCUT2D eigenvalue weighted by Crippen LogP contribution is 2.13. The van der Waals surface area contributed by atoms with Crippen molar-refractivity contribution in [2.45, 2.75) is 6.42 Å². The van der Waals surface area contributed by atoms with E-state index in [4.69, 9.17) is 0 Å². The molecular formula is C13H10Br2N2O. The lowest BCUT2D eigenvalue weighted by Crippen LogP contribution is -2.14. The predicted molar refractivity (Wildman–Crippen MR) is 78.4 cm³/mol. The number of aromatic nitrogens is 1. The molecule has 0 unspecified atom stereocenters. The highest BCUT2D eigenvalue weighted by Gasteiger charge is 2.04. The van der Waals surface area contributed by atoms with Crippen LogP contribution in [0.25, 0.3) is 0 Å². The first kappa shape index (κ1) is 13.2. The number of hydrogen-bond acceptors (Lipinski definition) is 2. The average molecular weight is 370 g/mol. The van der Waals surface area contributed by atoms with Crippen LogP contribution in [0.15, 0.2) is 51.7 Å². The average Bonchev–Trinajstić information content (AvgIpc) is 2.35. The van der Waals surface area contributed by atoms with Gasteiger partial charge in [-0.3, -0.25) is 4.79 Å². The van der Waals surface area contributed by atoms with Crippen molar-refractivity contribution in [3.8, 4) is 0 Å². The van der Waals surface area contributed by atoms with Gasteiger partial charge in [-0.15, -0.1) is 0 Å². The van der Waals surface area contributed by atoms with Gasteiger partial charge >= 0.3 is 0 Å². The quantitative estimate of drug-likeness (QED) is 0.836. The van der Waals surface area contributed by atoms with E-state index in [-0.39, 0.29) is 5.91 Å². The fraction of sp³-hybridized carbons (Fsp3) is 0.0769. The molecule has 92 valence electrons. The van der Waals surface area contributed by atoms with Gasteiger partial charge in [-0.25, -0.2) is 4.98 Å². The number of anilines is 1. The van der Waals surface area contributed by atoms with Crippen LogP contribution in [0.4, 0.5) is 5.69 Å². The molecule has 0 radical (unpaired) electrons. The summed E-state index contributed by atoms with van der Waals surface area (Å²) in [7, 11) is 0. The number of carbonyl (C=O) groups is 1. The molecular weight excluding hydrogens is 360 g/mol. The van der Waals surface area contributed by atoms with E-state index in [1.165, 1.54) is 0 Å². The third kappa shape index (κ3) is 3.92. The monoisotopic (exact) mass is 368 g/mol. The minimum atomic E-state index is -0.0542. The van der Waals surface area contributed by atoms with Crippen LogP contribution in [-0.2, 0) is 11.2 Å². The number of carbonyl (C=O) groups excluding carboxylic acids is 1. The lowest BCUT2D eigenvalue weighted by molar-refractivity contribution is -0.115. The number of benzene rings is 1. The van der Waals surface area contributed by atoms with Gasteiger partial charge in [0, 0.05) is 4.47 Å². The summed E-state index contributed by atoms with van der Waals surface area (Å²) in [5.41, 5.74) is 1.67. The van der Waals surface area contributed by atoms with Gasteiger partial charge in [0.05, 0.1) is 18.3 Å². The van der Waals surface area contributed by atoms with Crippen LogP contribution >= 0.6 is 31.9 Å². The molecule has 0 aliphatic carbocycles. The van der Waals surface area contributed by atoms with Crippen molar-refractivity contribution in [1.29, 1.82) is 0 Å². The second-order valence-electron chi connectivity index (χ2n) is 3.72. The van der Waals surface area contributed by atoms with Gasteiger partial charge in [-0.05, 0) is 45.8 Å². The molecule has 0 spiro atoms. The number of halogens is 2. The van der Waals surface area contributed by atoms with Crippen molar-refractivity contribution < 1.29 is 4.79 Å². The Balaban J connectivity index is 1.96. The first-order valence-corrected chi connectivity index (χ1v) is 6.88. The van der Waals surface area contributed by atoms with E-state index in [9.17, 15) is 4.79 Å². The highest BCUT2D eigenvalue weighted by molar-refractivity contribution is 9.10. The van der Waals surface area contributed by atoms with E-state index in [1.807, 2.05) is 24.3 Å². The Kier molecular flexibility index (Phi) is 4.49. The maximum Gasteiger partial charge on any atom is 0.228 e. The Bertz CT molecular complexity index is 488. The van der Waals surface area contributed by atoms with Gasteiger partial charge in [0.25, 0.3) is 0 Å². The largest absolute Gasteiger partial charge is 0.324 e. The second kappa shape index (κ2) is 6.11. The number of hydrogen-bond donors (Lipinski definition) is 1. The van der Waals surface area contributed by atoms with Crippen molar-refractivity contribution in [2.75, 3.05) is 5.32 Å². The number of nitrogens with one attached hydrogen (secondary N) is 1. The normalized spacial score (nSPS) is 10.1. The summed E-state index contributed by atoms with van der Waals surface area (Å²) in [6.07, 6.45) is 1.97. The maximum atomic E-state index is 11.8. The zero-order valence-corrected chi connectivity index (χ0v) is 12.5. The lowest BCUT2D eigenvalue weighted by atomic mass is 10.1. The number of amides is 1. The summed E-state index contributed by atoms with van der Waals surface area (Å²) in [5.74, 6) is -0.0542. The molecule has 1 aromatic carbocycles. The van der Waals surface area contributed by atoms with Gasteiger partial charge in [-0.2, -0.15) is 0 Å². The van der Waals surface area contributed by atoms with E-state index in [2.05, 4.69) is 42.2 Å². The van der Waals surface area contributed by atoms with Crippen LogP contribution in [0.5, 0.6) is 0 Å². The molecule has 0 fully saturated rings. The number of pyridine rings is 1. The van der Waals surface area contributed by atoms with Gasteiger partial charge in [-0.1, -0.05) is 28.1 Å². The summed E-state index contributed by atoms with van der Waals surface area (Å²) in [6.45, 7) is 0. The molecule has 1 N–H and O–H groups in total. The van der Waals surface area contributed by atoms with E-state index in [1.54, 1.807) is 18.3 Å². The van der Waals surface area contributed by atoms with Crippen LogP contribution in [0, 0.1) is 0 Å². The Morgan fingerprint density at radius 2 is 1.83 bits per heavy atom. The summed E-state index contributed by atoms with van der Waals surface area (Å²) < 4.78 is 1.75. The molecule has 0 aliphatic heterocycles. The van der Waals surface area contributed by atoms with Crippen molar-refractivity contribution >= 4 is 43.5 Å². The molecule has 5 heteroatoms. The second-order valence-corrected chi connectivity index (χ2v) is 5.45. The molecule has 2 rings (SSSR count). The first-order valence-electron chi connectivity index (χ1n) is 5.29. The molecule has 1 heterocycles. The molecule has 0 saturated heterocycles. The standard InChI is InChI=1S/C13H10Br2N2O/c14-10-3-1-9(2-4-10)7-13(18)17-11-5-6-12(15)16-8-11/h1-6,8H,7H2,(H,17,18). The van der Waals surface area contributed by atoms with Crippen LogP contribution in [0.2, 0.25) is 0 Å². The molecule has 0 bridgehead atoms. The summed E-state index contributed by atoms with van der Waals surface area (Å²) in [6, 6.07) is 11.3. The Hall–Kier alpha value is -1.20. The first-order chi connectivity index (χ1) is 8.63. The molecule has 3 nitrogen and oxygen atoms in total. The molecule has 0 saturated carbocycles. The Morgan fingerprint density at radius 3 is 2.44 bits per heavy atom. The van der Waals surface area contributed by atoms with Gasteiger partial charge < -0.3 is 5.32 Å². The fourth-order valence-electron chi connectivity index (χ4n) is 1.44. The van der Waals surface area contributed by atoms with E-state index < -0.39 is 0 Å². The van der Waals surface area contributed by atoms with Crippen molar-refractivity contribution in [3.05, 3.63) is 57.2 Å². The van der Waals surface area contributed by atoms with E-state index in [0.29, 0.717) is 12.1 Å². The summed E-state index contributed by atoms with van der Waals surface area (Å²) in [4.78, 5) is 15.8. The number of rotatable bonds is 3. The zero-order valence-electron chi connectivity index (χ0n) is 9.36. The van der Waals surface area contributed by atoms with Gasteiger partial charge in [0.2, 0.25) is 5.91 Å². The molecule has 1 aromatic heterocycles. The number of nitrogens with zero attached hydrogens (tertiary/aromatic N) is 1. The van der Waals surface area contributed by atoms with Crippen molar-refractivity contribution in [1.82, 2.24) is 4.98 Å². The molecule has 18 heavy (non-hydrogen) atoms. The van der Waals surface area contributed by atoms with Crippen molar-refractivity contribution in [2.24, 2.45) is 0 Å². The summed E-state index contributed by atoms with van der Waals surface area (Å²) in [5, 5.41) is 2.80. The molecule has 2 aromatic rings. The van der Waals surface area contributed by atoms with Crippen LogP contribution in [0.3, 0.4) is 0 Å². The maximum absolute atomic E-state index is 11.8. The summed E-state index contributed by atoms with van der Waals surface area (Å²) >= 11 is 6.60. The van der Waals surface area contributed by atoms with Crippen LogP contribution < -0.4 is 5.32 Å².